The summed E-state index contributed by atoms with van der Waals surface area (Å²) in [4.78, 5) is 20.4. The van der Waals surface area contributed by atoms with Gasteiger partial charge in [0.25, 0.3) is 5.91 Å². The van der Waals surface area contributed by atoms with Crippen LogP contribution in [0.15, 0.2) is 35.1 Å². The lowest BCUT2D eigenvalue weighted by atomic mass is 10.2. The quantitative estimate of drug-likeness (QED) is 0.865. The summed E-state index contributed by atoms with van der Waals surface area (Å²) < 4.78 is 0.979. The van der Waals surface area contributed by atoms with Gasteiger partial charge in [-0.05, 0) is 37.1 Å². The number of aryl methyl sites for hydroxylation is 1. The first kappa shape index (κ1) is 15.4. The molecule has 0 aliphatic heterocycles. The Morgan fingerprint density at radius 2 is 2.00 bits per heavy atom. The summed E-state index contributed by atoms with van der Waals surface area (Å²) in [5.41, 5.74) is 2.19. The van der Waals surface area contributed by atoms with Crippen molar-refractivity contribution in [3.8, 4) is 0 Å². The van der Waals surface area contributed by atoms with E-state index < -0.39 is 0 Å². The second-order valence-corrected chi connectivity index (χ2v) is 5.55. The maximum Gasteiger partial charge on any atom is 0.258 e. The van der Waals surface area contributed by atoms with E-state index >= 15 is 0 Å². The number of hydrogen-bond acceptors (Lipinski definition) is 4. The van der Waals surface area contributed by atoms with Crippen LogP contribution in [0.4, 0.5) is 11.6 Å². The third-order valence-electron chi connectivity index (χ3n) is 2.88. The van der Waals surface area contributed by atoms with Gasteiger partial charge in [0.15, 0.2) is 0 Å². The second kappa shape index (κ2) is 7.17. The molecule has 21 heavy (non-hydrogen) atoms. The highest BCUT2D eigenvalue weighted by molar-refractivity contribution is 9.10. The van der Waals surface area contributed by atoms with Crippen molar-refractivity contribution >= 4 is 33.5 Å². The van der Waals surface area contributed by atoms with Gasteiger partial charge in [0.1, 0.15) is 0 Å². The lowest BCUT2D eigenvalue weighted by molar-refractivity contribution is 0.102. The van der Waals surface area contributed by atoms with Crippen LogP contribution in [-0.4, -0.2) is 22.4 Å². The zero-order chi connectivity index (χ0) is 15.2. The van der Waals surface area contributed by atoms with E-state index in [0.717, 1.165) is 28.7 Å². The van der Waals surface area contributed by atoms with E-state index in [1.54, 1.807) is 0 Å². The fraction of sp³-hybridized carbons (Fsp3) is 0.267. The predicted molar refractivity (Wildman–Crippen MR) is 87.6 cm³/mol. The average Bonchev–Trinajstić information content (AvgIpc) is 2.48. The van der Waals surface area contributed by atoms with Crippen molar-refractivity contribution in [3.63, 3.8) is 0 Å². The molecule has 0 spiro atoms. The van der Waals surface area contributed by atoms with E-state index in [0.29, 0.717) is 11.5 Å². The number of nitrogens with one attached hydrogen (secondary N) is 2. The molecule has 0 aliphatic rings. The summed E-state index contributed by atoms with van der Waals surface area (Å²) in [5.74, 6) is 0.315. The smallest absolute Gasteiger partial charge is 0.258 e. The lowest BCUT2D eigenvalue weighted by Gasteiger charge is -2.09. The second-order valence-electron chi connectivity index (χ2n) is 4.64. The Bertz CT molecular complexity index is 628. The minimum atomic E-state index is -0.220. The van der Waals surface area contributed by atoms with Crippen molar-refractivity contribution in [2.75, 3.05) is 17.2 Å². The average molecular weight is 349 g/mol. The molecule has 2 rings (SSSR count). The standard InChI is InChI=1S/C15H17BrN4O/c1-3-6-17-15-18-8-11(9-19-15)14(21)20-13-5-4-12(16)7-10(13)2/h4-5,7-9H,3,6H2,1-2H3,(H,20,21)(H,17,18,19). The summed E-state index contributed by atoms with van der Waals surface area (Å²) >= 11 is 3.40. The van der Waals surface area contributed by atoms with Crippen LogP contribution in [0.5, 0.6) is 0 Å². The van der Waals surface area contributed by atoms with Gasteiger partial charge < -0.3 is 10.6 Å². The van der Waals surface area contributed by atoms with E-state index in [9.17, 15) is 4.79 Å². The molecule has 1 amide bonds. The number of carbonyl (C=O) groups excluding carboxylic acids is 1. The van der Waals surface area contributed by atoms with Crippen LogP contribution in [-0.2, 0) is 0 Å². The van der Waals surface area contributed by atoms with Gasteiger partial charge in [0.05, 0.1) is 5.56 Å². The van der Waals surface area contributed by atoms with E-state index in [4.69, 9.17) is 0 Å². The number of halogens is 1. The van der Waals surface area contributed by atoms with E-state index in [1.165, 1.54) is 12.4 Å². The van der Waals surface area contributed by atoms with Crippen molar-refractivity contribution in [1.29, 1.82) is 0 Å². The van der Waals surface area contributed by atoms with E-state index in [2.05, 4.69) is 43.5 Å². The van der Waals surface area contributed by atoms with Gasteiger partial charge in [0, 0.05) is 29.1 Å². The topological polar surface area (TPSA) is 66.9 Å². The van der Waals surface area contributed by atoms with Crippen LogP contribution in [0.1, 0.15) is 29.3 Å². The predicted octanol–water partition coefficient (Wildman–Crippen LogP) is 3.62. The Balaban J connectivity index is 2.06. The largest absolute Gasteiger partial charge is 0.354 e. The van der Waals surface area contributed by atoms with E-state index in [-0.39, 0.29) is 5.91 Å². The zero-order valence-corrected chi connectivity index (χ0v) is 13.6. The number of aromatic nitrogens is 2. The van der Waals surface area contributed by atoms with Crippen molar-refractivity contribution in [2.45, 2.75) is 20.3 Å². The number of amides is 1. The molecule has 2 N–H and O–H groups in total. The Hall–Kier alpha value is -1.95. The molecule has 1 aromatic carbocycles. The van der Waals surface area contributed by atoms with E-state index in [1.807, 2.05) is 25.1 Å². The molecule has 0 bridgehead atoms. The van der Waals surface area contributed by atoms with Gasteiger partial charge in [-0.15, -0.1) is 0 Å². The van der Waals surface area contributed by atoms with Gasteiger partial charge in [-0.25, -0.2) is 9.97 Å². The summed E-state index contributed by atoms with van der Waals surface area (Å²) in [6.45, 7) is 4.81. The number of carbonyl (C=O) groups is 1. The highest BCUT2D eigenvalue weighted by Gasteiger charge is 2.09. The van der Waals surface area contributed by atoms with Crippen molar-refractivity contribution in [3.05, 3.63) is 46.2 Å². The molecule has 110 valence electrons. The first-order valence-electron chi connectivity index (χ1n) is 6.73. The molecule has 1 heterocycles. The Labute approximate surface area is 132 Å². The number of anilines is 2. The minimum absolute atomic E-state index is 0.220. The highest BCUT2D eigenvalue weighted by atomic mass is 79.9. The monoisotopic (exact) mass is 348 g/mol. The maximum atomic E-state index is 12.2. The number of rotatable bonds is 5. The molecule has 0 atom stereocenters. The summed E-state index contributed by atoms with van der Waals surface area (Å²) in [6.07, 6.45) is 4.04. The molecule has 0 fully saturated rings. The molecule has 6 heteroatoms. The Morgan fingerprint density at radius 3 is 2.62 bits per heavy atom. The highest BCUT2D eigenvalue weighted by Crippen LogP contribution is 2.20. The fourth-order valence-corrected chi connectivity index (χ4v) is 2.21. The van der Waals surface area contributed by atoms with Gasteiger partial charge in [0.2, 0.25) is 5.95 Å². The van der Waals surface area contributed by atoms with Crippen molar-refractivity contribution in [2.24, 2.45) is 0 Å². The van der Waals surface area contributed by atoms with Crippen LogP contribution in [0.3, 0.4) is 0 Å². The normalized spacial score (nSPS) is 10.2. The van der Waals surface area contributed by atoms with Crippen molar-refractivity contribution < 1.29 is 4.79 Å². The van der Waals surface area contributed by atoms with Crippen LogP contribution in [0, 0.1) is 6.92 Å². The molecular weight excluding hydrogens is 332 g/mol. The zero-order valence-electron chi connectivity index (χ0n) is 12.0. The van der Waals surface area contributed by atoms with Gasteiger partial charge in [-0.1, -0.05) is 22.9 Å². The summed E-state index contributed by atoms with van der Waals surface area (Å²) in [6, 6.07) is 5.69. The SMILES string of the molecule is CCCNc1ncc(C(=O)Nc2ccc(Br)cc2C)cn1. The summed E-state index contributed by atoms with van der Waals surface area (Å²) in [7, 11) is 0. The molecule has 0 unspecified atom stereocenters. The van der Waals surface area contributed by atoms with Gasteiger partial charge in [-0.3, -0.25) is 4.79 Å². The van der Waals surface area contributed by atoms with Crippen LogP contribution < -0.4 is 10.6 Å². The van der Waals surface area contributed by atoms with Gasteiger partial charge in [-0.2, -0.15) is 0 Å². The third-order valence-corrected chi connectivity index (χ3v) is 3.38. The summed E-state index contributed by atoms with van der Waals surface area (Å²) in [5, 5.41) is 5.92. The fourth-order valence-electron chi connectivity index (χ4n) is 1.74. The number of benzene rings is 1. The number of hydrogen-bond donors (Lipinski definition) is 2. The molecular formula is C15H17BrN4O. The molecule has 5 nitrogen and oxygen atoms in total. The molecule has 0 aliphatic carbocycles. The molecule has 0 saturated carbocycles. The molecule has 0 saturated heterocycles. The maximum absolute atomic E-state index is 12.2. The minimum Gasteiger partial charge on any atom is -0.354 e. The van der Waals surface area contributed by atoms with Crippen LogP contribution in [0.25, 0.3) is 0 Å². The molecule has 0 radical (unpaired) electrons. The van der Waals surface area contributed by atoms with Crippen LogP contribution in [0.2, 0.25) is 0 Å². The number of nitrogens with zero attached hydrogens (tertiary/aromatic N) is 2. The first-order chi connectivity index (χ1) is 10.1. The Morgan fingerprint density at radius 1 is 1.29 bits per heavy atom. The first-order valence-corrected chi connectivity index (χ1v) is 7.53. The Kier molecular flexibility index (Phi) is 5.27. The lowest BCUT2D eigenvalue weighted by Crippen LogP contribution is -2.14. The van der Waals surface area contributed by atoms with Crippen LogP contribution >= 0.6 is 15.9 Å². The van der Waals surface area contributed by atoms with Crippen molar-refractivity contribution in [1.82, 2.24) is 9.97 Å². The van der Waals surface area contributed by atoms with Gasteiger partial charge >= 0.3 is 0 Å². The molecule has 2 aromatic rings. The molecule has 1 aromatic heterocycles. The third kappa shape index (κ3) is 4.26.